The van der Waals surface area contributed by atoms with Gasteiger partial charge in [0.05, 0.1) is 0 Å². The van der Waals surface area contributed by atoms with E-state index in [1.807, 2.05) is 48.5 Å². The Balaban J connectivity index is 1.34. The first-order chi connectivity index (χ1) is 14.3. The first-order valence-corrected chi connectivity index (χ1v) is 9.52. The Morgan fingerprint density at radius 3 is 2.90 bits per heavy atom. The quantitative estimate of drug-likeness (QED) is 0.583. The molecule has 0 spiro atoms. The third-order valence-corrected chi connectivity index (χ3v) is 5.11. The zero-order valence-corrected chi connectivity index (χ0v) is 15.7. The Labute approximate surface area is 167 Å². The SMILES string of the molecule is O=C(c1ccc2cccnc2n1)N1CCc2[nH]nc(COc3ccccc3)c2C1. The topological polar surface area (TPSA) is 84.0 Å². The van der Waals surface area contributed by atoms with Crippen LogP contribution in [0, 0.1) is 0 Å². The summed E-state index contributed by atoms with van der Waals surface area (Å²) in [7, 11) is 0. The Hall–Kier alpha value is -3.74. The number of nitrogens with one attached hydrogen (secondary N) is 1. The lowest BCUT2D eigenvalue weighted by Crippen LogP contribution is -2.36. The molecule has 144 valence electrons. The number of aromatic amines is 1. The van der Waals surface area contributed by atoms with Crippen LogP contribution >= 0.6 is 0 Å². The van der Waals surface area contributed by atoms with Gasteiger partial charge in [0.25, 0.3) is 5.91 Å². The Bertz CT molecular complexity index is 1170. The minimum atomic E-state index is -0.0978. The molecule has 7 nitrogen and oxygen atoms in total. The summed E-state index contributed by atoms with van der Waals surface area (Å²) in [4.78, 5) is 23.5. The first kappa shape index (κ1) is 17.4. The van der Waals surface area contributed by atoms with E-state index in [9.17, 15) is 4.79 Å². The van der Waals surface area contributed by atoms with E-state index in [1.165, 1.54) is 0 Å². The smallest absolute Gasteiger partial charge is 0.272 e. The van der Waals surface area contributed by atoms with Gasteiger partial charge in [-0.3, -0.25) is 9.89 Å². The van der Waals surface area contributed by atoms with E-state index in [4.69, 9.17) is 4.74 Å². The van der Waals surface area contributed by atoms with Gasteiger partial charge in [-0.1, -0.05) is 18.2 Å². The molecule has 7 heteroatoms. The fourth-order valence-corrected chi connectivity index (χ4v) is 3.55. The van der Waals surface area contributed by atoms with Crippen molar-refractivity contribution in [3.05, 3.63) is 83.4 Å². The molecule has 4 aromatic rings. The van der Waals surface area contributed by atoms with Crippen LogP contribution in [0.2, 0.25) is 0 Å². The average Bonchev–Trinajstić information content (AvgIpc) is 3.20. The highest BCUT2D eigenvalue weighted by molar-refractivity contribution is 5.94. The summed E-state index contributed by atoms with van der Waals surface area (Å²) < 4.78 is 5.84. The number of carbonyl (C=O) groups excluding carboxylic acids is 1. The number of pyridine rings is 2. The molecule has 4 heterocycles. The van der Waals surface area contributed by atoms with Gasteiger partial charge in [-0.2, -0.15) is 5.10 Å². The summed E-state index contributed by atoms with van der Waals surface area (Å²) in [6.07, 6.45) is 2.41. The molecule has 0 aliphatic carbocycles. The number of amides is 1. The summed E-state index contributed by atoms with van der Waals surface area (Å²) in [5.41, 5.74) is 3.91. The number of rotatable bonds is 4. The van der Waals surface area contributed by atoms with Crippen molar-refractivity contribution in [3.63, 3.8) is 0 Å². The van der Waals surface area contributed by atoms with Crippen LogP contribution in [0.5, 0.6) is 5.75 Å². The number of para-hydroxylation sites is 1. The molecule has 0 radical (unpaired) electrons. The molecule has 1 amide bonds. The van der Waals surface area contributed by atoms with Crippen LogP contribution < -0.4 is 4.74 Å². The number of benzene rings is 1. The molecule has 0 bridgehead atoms. The molecule has 1 aromatic carbocycles. The highest BCUT2D eigenvalue weighted by Gasteiger charge is 2.26. The normalized spacial score (nSPS) is 13.3. The largest absolute Gasteiger partial charge is 0.487 e. The zero-order valence-electron chi connectivity index (χ0n) is 15.7. The summed E-state index contributed by atoms with van der Waals surface area (Å²) in [6.45, 7) is 1.46. The van der Waals surface area contributed by atoms with Crippen molar-refractivity contribution in [3.8, 4) is 5.75 Å². The zero-order chi connectivity index (χ0) is 19.6. The third-order valence-electron chi connectivity index (χ3n) is 5.11. The lowest BCUT2D eigenvalue weighted by molar-refractivity contribution is 0.0727. The first-order valence-electron chi connectivity index (χ1n) is 9.52. The molecule has 5 rings (SSSR count). The summed E-state index contributed by atoms with van der Waals surface area (Å²) in [6, 6.07) is 17.1. The van der Waals surface area contributed by atoms with Crippen molar-refractivity contribution < 1.29 is 9.53 Å². The van der Waals surface area contributed by atoms with Crippen LogP contribution in [0.3, 0.4) is 0 Å². The molecule has 3 aromatic heterocycles. The number of ether oxygens (including phenoxy) is 1. The van der Waals surface area contributed by atoms with E-state index in [2.05, 4.69) is 20.2 Å². The lowest BCUT2D eigenvalue weighted by atomic mass is 10.0. The summed E-state index contributed by atoms with van der Waals surface area (Å²) >= 11 is 0. The highest BCUT2D eigenvalue weighted by Crippen LogP contribution is 2.23. The van der Waals surface area contributed by atoms with Gasteiger partial charge in [-0.15, -0.1) is 0 Å². The van der Waals surface area contributed by atoms with Crippen molar-refractivity contribution in [1.29, 1.82) is 0 Å². The molecular formula is C22H19N5O2. The Kier molecular flexibility index (Phi) is 4.40. The van der Waals surface area contributed by atoms with E-state index in [0.717, 1.165) is 34.5 Å². The number of carbonyl (C=O) groups is 1. The summed E-state index contributed by atoms with van der Waals surface area (Å²) in [5.74, 6) is 0.695. The number of hydrogen-bond donors (Lipinski definition) is 1. The van der Waals surface area contributed by atoms with Crippen LogP contribution in [0.1, 0.15) is 27.4 Å². The molecule has 0 saturated carbocycles. The lowest BCUT2D eigenvalue weighted by Gasteiger charge is -2.27. The van der Waals surface area contributed by atoms with Crippen LogP contribution in [0.25, 0.3) is 11.0 Å². The molecule has 29 heavy (non-hydrogen) atoms. The molecule has 1 aliphatic heterocycles. The number of hydrogen-bond acceptors (Lipinski definition) is 5. The van der Waals surface area contributed by atoms with Gasteiger partial charge in [0.15, 0.2) is 5.65 Å². The maximum atomic E-state index is 13.0. The number of aromatic nitrogens is 4. The second-order valence-electron chi connectivity index (χ2n) is 6.95. The van der Waals surface area contributed by atoms with Gasteiger partial charge in [0.2, 0.25) is 0 Å². The monoisotopic (exact) mass is 385 g/mol. The minimum absolute atomic E-state index is 0.0978. The summed E-state index contributed by atoms with van der Waals surface area (Å²) in [5, 5.41) is 8.42. The standard InChI is InChI=1S/C22H19N5O2/c28-22(19-9-8-15-5-4-11-23-21(15)24-19)27-12-10-18-17(13-27)20(26-25-18)14-29-16-6-2-1-3-7-16/h1-9,11H,10,12-14H2,(H,25,26). The number of fused-ring (bicyclic) bond motifs is 2. The van der Waals surface area contributed by atoms with E-state index < -0.39 is 0 Å². The second-order valence-corrected chi connectivity index (χ2v) is 6.95. The van der Waals surface area contributed by atoms with Gasteiger partial charge < -0.3 is 9.64 Å². The van der Waals surface area contributed by atoms with Crippen LogP contribution in [-0.2, 0) is 19.6 Å². The van der Waals surface area contributed by atoms with Crippen LogP contribution in [0.15, 0.2) is 60.8 Å². The number of H-pyrrole nitrogens is 1. The minimum Gasteiger partial charge on any atom is -0.487 e. The maximum Gasteiger partial charge on any atom is 0.272 e. The van der Waals surface area contributed by atoms with E-state index in [0.29, 0.717) is 31.0 Å². The molecule has 0 fully saturated rings. The van der Waals surface area contributed by atoms with Crippen molar-refractivity contribution in [2.45, 2.75) is 19.6 Å². The second kappa shape index (κ2) is 7.35. The maximum absolute atomic E-state index is 13.0. The molecule has 0 unspecified atom stereocenters. The third kappa shape index (κ3) is 3.42. The molecule has 0 saturated heterocycles. The Morgan fingerprint density at radius 1 is 1.10 bits per heavy atom. The Morgan fingerprint density at radius 2 is 2.00 bits per heavy atom. The van der Waals surface area contributed by atoms with Gasteiger partial charge in [0, 0.05) is 42.4 Å². The van der Waals surface area contributed by atoms with E-state index in [1.54, 1.807) is 17.2 Å². The fraction of sp³-hybridized carbons (Fsp3) is 0.182. The average molecular weight is 385 g/mol. The van der Waals surface area contributed by atoms with Crippen molar-refractivity contribution in [2.24, 2.45) is 0 Å². The van der Waals surface area contributed by atoms with Gasteiger partial charge >= 0.3 is 0 Å². The van der Waals surface area contributed by atoms with E-state index in [-0.39, 0.29) is 5.91 Å². The van der Waals surface area contributed by atoms with Crippen molar-refractivity contribution in [1.82, 2.24) is 25.1 Å². The predicted molar refractivity (Wildman–Crippen MR) is 107 cm³/mol. The van der Waals surface area contributed by atoms with Crippen LogP contribution in [0.4, 0.5) is 0 Å². The molecule has 1 N–H and O–H groups in total. The number of nitrogens with zero attached hydrogens (tertiary/aromatic N) is 4. The van der Waals surface area contributed by atoms with Gasteiger partial charge in [0.1, 0.15) is 23.7 Å². The predicted octanol–water partition coefficient (Wildman–Crippen LogP) is 3.13. The molecular weight excluding hydrogens is 366 g/mol. The van der Waals surface area contributed by atoms with Gasteiger partial charge in [-0.25, -0.2) is 9.97 Å². The molecule has 1 aliphatic rings. The fourth-order valence-electron chi connectivity index (χ4n) is 3.55. The van der Waals surface area contributed by atoms with Gasteiger partial charge in [-0.05, 0) is 36.4 Å². The van der Waals surface area contributed by atoms with Crippen LogP contribution in [-0.4, -0.2) is 37.5 Å². The van der Waals surface area contributed by atoms with E-state index >= 15 is 0 Å². The highest BCUT2D eigenvalue weighted by atomic mass is 16.5. The van der Waals surface area contributed by atoms with Crippen molar-refractivity contribution in [2.75, 3.05) is 6.54 Å². The molecule has 0 atom stereocenters. The van der Waals surface area contributed by atoms with Crippen molar-refractivity contribution >= 4 is 16.9 Å².